The first-order chi connectivity index (χ1) is 13.0. The highest BCUT2D eigenvalue weighted by molar-refractivity contribution is 6.30. The molecule has 3 rings (SSSR count). The van der Waals surface area contributed by atoms with Gasteiger partial charge in [0.2, 0.25) is 0 Å². The molecule has 142 valence electrons. The van der Waals surface area contributed by atoms with E-state index in [4.69, 9.17) is 22.1 Å². The van der Waals surface area contributed by atoms with Gasteiger partial charge in [-0.15, -0.1) is 0 Å². The van der Waals surface area contributed by atoms with Crippen molar-refractivity contribution in [2.75, 3.05) is 48.0 Å². The molecular formula is C18H21ClN6O2. The Hall–Kier alpha value is -3.00. The monoisotopic (exact) mass is 388 g/mol. The van der Waals surface area contributed by atoms with E-state index in [1.165, 1.54) is 0 Å². The van der Waals surface area contributed by atoms with Gasteiger partial charge >= 0.3 is 6.09 Å². The number of nitrogen functional groups attached to an aromatic ring is 1. The highest BCUT2D eigenvalue weighted by Gasteiger charge is 2.18. The molecule has 0 atom stereocenters. The van der Waals surface area contributed by atoms with Crippen LogP contribution in [-0.2, 0) is 4.74 Å². The molecule has 2 heterocycles. The van der Waals surface area contributed by atoms with Gasteiger partial charge in [0.25, 0.3) is 0 Å². The number of aromatic nitrogens is 1. The summed E-state index contributed by atoms with van der Waals surface area (Å²) in [6.45, 7) is 3.19. The van der Waals surface area contributed by atoms with Crippen molar-refractivity contribution < 1.29 is 9.53 Å². The van der Waals surface area contributed by atoms with Crippen LogP contribution >= 0.6 is 11.6 Å². The predicted molar refractivity (Wildman–Crippen MR) is 110 cm³/mol. The number of pyridine rings is 1. The fourth-order valence-electron chi connectivity index (χ4n) is 2.69. The van der Waals surface area contributed by atoms with Crippen molar-refractivity contribution in [3.8, 4) is 0 Å². The minimum absolute atomic E-state index is 0.234. The van der Waals surface area contributed by atoms with E-state index < -0.39 is 6.09 Å². The minimum atomic E-state index is -0.575. The van der Waals surface area contributed by atoms with Crippen molar-refractivity contribution >= 4 is 52.1 Å². The molecule has 0 bridgehead atoms. The predicted octanol–water partition coefficient (Wildman–Crippen LogP) is 3.52. The number of fused-ring (bicyclic) bond motifs is 1. The average molecular weight is 389 g/mol. The lowest BCUT2D eigenvalue weighted by Crippen LogP contribution is -2.31. The Morgan fingerprint density at radius 2 is 2.15 bits per heavy atom. The van der Waals surface area contributed by atoms with Crippen molar-refractivity contribution in [2.45, 2.75) is 6.92 Å². The molecule has 0 radical (unpaired) electrons. The summed E-state index contributed by atoms with van der Waals surface area (Å²) in [5, 5.41) is 6.52. The number of nitrogens with two attached hydrogens (primary N) is 1. The number of hydrogen-bond donors (Lipinski definition) is 3. The zero-order chi connectivity index (χ0) is 19.4. The number of halogens is 1. The number of hydrogen-bond acceptors (Lipinski definition) is 7. The molecule has 9 heteroatoms. The Labute approximate surface area is 162 Å². The SMILES string of the molecule is CCOC(=O)Nc1cc2c(c(N)n1)N=C(CN(C)c1ccc(Cl)cc1)CN2. The first-order valence-electron chi connectivity index (χ1n) is 8.47. The molecule has 1 aliphatic heterocycles. The van der Waals surface area contributed by atoms with Crippen molar-refractivity contribution in [1.29, 1.82) is 0 Å². The fourth-order valence-corrected chi connectivity index (χ4v) is 2.82. The van der Waals surface area contributed by atoms with Gasteiger partial charge in [-0.25, -0.2) is 14.8 Å². The molecule has 0 aliphatic carbocycles. The number of carbonyl (C=O) groups is 1. The van der Waals surface area contributed by atoms with Gasteiger partial charge in [0.05, 0.1) is 31.1 Å². The summed E-state index contributed by atoms with van der Waals surface area (Å²) in [5.74, 6) is 0.548. The van der Waals surface area contributed by atoms with Gasteiger partial charge in [-0.3, -0.25) is 5.32 Å². The first-order valence-corrected chi connectivity index (χ1v) is 8.85. The van der Waals surface area contributed by atoms with Crippen LogP contribution in [0.5, 0.6) is 0 Å². The summed E-state index contributed by atoms with van der Waals surface area (Å²) < 4.78 is 4.85. The van der Waals surface area contributed by atoms with Crippen molar-refractivity contribution in [3.63, 3.8) is 0 Å². The smallest absolute Gasteiger partial charge is 0.412 e. The summed E-state index contributed by atoms with van der Waals surface area (Å²) in [5.41, 5.74) is 9.27. The Kier molecular flexibility index (Phi) is 5.66. The number of nitrogens with one attached hydrogen (secondary N) is 2. The van der Waals surface area contributed by atoms with Crippen LogP contribution in [0.4, 0.5) is 33.5 Å². The highest BCUT2D eigenvalue weighted by atomic mass is 35.5. The standard InChI is InChI=1S/C18H21ClN6O2/c1-3-27-18(26)24-15-8-14-16(17(20)23-15)22-12(9-21-14)10-25(2)13-6-4-11(19)5-7-13/h4-8,21H,3,9-10H2,1-2H3,(H3,20,23,24,26). The Morgan fingerprint density at radius 3 is 2.85 bits per heavy atom. The van der Waals surface area contributed by atoms with E-state index in [0.717, 1.165) is 11.4 Å². The quantitative estimate of drug-likeness (QED) is 0.723. The number of nitrogens with zero attached hydrogens (tertiary/aromatic N) is 3. The Balaban J connectivity index is 1.75. The van der Waals surface area contributed by atoms with Crippen molar-refractivity contribution in [3.05, 3.63) is 35.4 Å². The Bertz CT molecular complexity index is 869. The first kappa shape index (κ1) is 18.8. The summed E-state index contributed by atoms with van der Waals surface area (Å²) >= 11 is 5.94. The van der Waals surface area contributed by atoms with E-state index in [2.05, 4.69) is 25.5 Å². The molecule has 1 aromatic heterocycles. The van der Waals surface area contributed by atoms with Crippen molar-refractivity contribution in [2.24, 2.45) is 4.99 Å². The second-order valence-corrected chi connectivity index (χ2v) is 6.43. The maximum Gasteiger partial charge on any atom is 0.412 e. The van der Waals surface area contributed by atoms with Crippen LogP contribution in [0.1, 0.15) is 6.92 Å². The van der Waals surface area contributed by atoms with Gasteiger partial charge in [-0.2, -0.15) is 0 Å². The zero-order valence-corrected chi connectivity index (χ0v) is 15.9. The van der Waals surface area contributed by atoms with Crippen LogP contribution in [0.3, 0.4) is 0 Å². The lowest BCUT2D eigenvalue weighted by molar-refractivity contribution is 0.168. The van der Waals surface area contributed by atoms with Gasteiger partial charge in [-0.1, -0.05) is 11.6 Å². The van der Waals surface area contributed by atoms with Crippen LogP contribution in [0.2, 0.25) is 5.02 Å². The second kappa shape index (κ2) is 8.13. The van der Waals surface area contributed by atoms with Gasteiger partial charge in [-0.05, 0) is 31.2 Å². The van der Waals surface area contributed by atoms with Crippen LogP contribution in [0, 0.1) is 0 Å². The number of amides is 1. The van der Waals surface area contributed by atoms with E-state index in [9.17, 15) is 4.79 Å². The van der Waals surface area contributed by atoms with Crippen LogP contribution in [0.25, 0.3) is 0 Å². The molecule has 27 heavy (non-hydrogen) atoms. The molecule has 1 aromatic carbocycles. The minimum Gasteiger partial charge on any atom is -0.450 e. The normalized spacial score (nSPS) is 12.5. The number of benzene rings is 1. The lowest BCUT2D eigenvalue weighted by atomic mass is 10.2. The summed E-state index contributed by atoms with van der Waals surface area (Å²) in [6.07, 6.45) is -0.575. The average Bonchev–Trinajstić information content (AvgIpc) is 2.63. The maximum absolute atomic E-state index is 11.5. The topological polar surface area (TPSA) is 105 Å². The van der Waals surface area contributed by atoms with E-state index in [1.807, 2.05) is 31.3 Å². The third-order valence-electron chi connectivity index (χ3n) is 3.97. The van der Waals surface area contributed by atoms with Crippen LogP contribution in [0.15, 0.2) is 35.3 Å². The fraction of sp³-hybridized carbons (Fsp3) is 0.278. The van der Waals surface area contributed by atoms with Crippen molar-refractivity contribution in [1.82, 2.24) is 4.98 Å². The van der Waals surface area contributed by atoms with Gasteiger partial charge in [0, 0.05) is 23.8 Å². The molecule has 0 saturated carbocycles. The summed E-state index contributed by atoms with van der Waals surface area (Å²) in [6, 6.07) is 9.30. The van der Waals surface area contributed by atoms with Gasteiger partial charge < -0.3 is 20.7 Å². The molecule has 0 spiro atoms. The molecule has 0 fully saturated rings. The van der Waals surface area contributed by atoms with E-state index in [-0.39, 0.29) is 12.4 Å². The summed E-state index contributed by atoms with van der Waals surface area (Å²) in [4.78, 5) is 22.4. The van der Waals surface area contributed by atoms with E-state index in [1.54, 1.807) is 13.0 Å². The summed E-state index contributed by atoms with van der Waals surface area (Å²) in [7, 11) is 1.98. The van der Waals surface area contributed by atoms with E-state index >= 15 is 0 Å². The number of aliphatic imine (C=N–C) groups is 1. The maximum atomic E-state index is 11.5. The largest absolute Gasteiger partial charge is 0.450 e. The number of ether oxygens (including phenoxy) is 1. The molecule has 0 saturated heterocycles. The van der Waals surface area contributed by atoms with Crippen LogP contribution < -0.4 is 21.3 Å². The second-order valence-electron chi connectivity index (χ2n) is 6.00. The van der Waals surface area contributed by atoms with Gasteiger partial charge in [0.1, 0.15) is 11.5 Å². The molecule has 1 aliphatic rings. The Morgan fingerprint density at radius 1 is 1.41 bits per heavy atom. The lowest BCUT2D eigenvalue weighted by Gasteiger charge is -2.24. The zero-order valence-electron chi connectivity index (χ0n) is 15.1. The van der Waals surface area contributed by atoms with E-state index in [0.29, 0.717) is 35.3 Å². The third kappa shape index (κ3) is 4.59. The number of anilines is 4. The van der Waals surface area contributed by atoms with Crippen LogP contribution in [-0.4, -0.2) is 43.5 Å². The molecule has 1 amide bonds. The number of carbonyl (C=O) groups excluding carboxylic acids is 1. The molecule has 0 unspecified atom stereocenters. The number of rotatable bonds is 5. The molecule has 2 aromatic rings. The molecule has 4 N–H and O–H groups in total. The molecular weight excluding hydrogens is 368 g/mol. The van der Waals surface area contributed by atoms with Gasteiger partial charge in [0.15, 0.2) is 5.82 Å². The molecule has 8 nitrogen and oxygen atoms in total. The highest BCUT2D eigenvalue weighted by Crippen LogP contribution is 2.35. The third-order valence-corrected chi connectivity index (χ3v) is 4.22.